The molecule has 0 saturated heterocycles. The van der Waals surface area contributed by atoms with Gasteiger partial charge in [0.2, 0.25) is 0 Å². The second-order valence-electron chi connectivity index (χ2n) is 4.02. The first-order valence-corrected chi connectivity index (χ1v) is 5.15. The van der Waals surface area contributed by atoms with Crippen molar-refractivity contribution in [1.82, 2.24) is 0 Å². The molecule has 1 radical (unpaired) electrons. The molecule has 16 heavy (non-hydrogen) atoms. The number of hydrogen-bond donors (Lipinski definition) is 1. The van der Waals surface area contributed by atoms with Crippen molar-refractivity contribution in [2.45, 2.75) is 13.8 Å². The Bertz CT molecular complexity index is 481. The number of aromatic hydroxyl groups is 1. The van der Waals surface area contributed by atoms with Gasteiger partial charge in [0.1, 0.15) is 5.75 Å². The van der Waals surface area contributed by atoms with Crippen molar-refractivity contribution < 1.29 is 10.2 Å². The van der Waals surface area contributed by atoms with Gasteiger partial charge in [-0.1, -0.05) is 23.3 Å². The Labute approximate surface area is 94.8 Å². The van der Waals surface area contributed by atoms with Crippen molar-refractivity contribution in [2.75, 3.05) is 0 Å². The molecule has 0 aromatic heterocycles. The molecule has 0 spiro atoms. The maximum Gasteiger partial charge on any atom is 0.186 e. The Kier molecular flexibility index (Phi) is 2.57. The summed E-state index contributed by atoms with van der Waals surface area (Å²) in [4.78, 5) is 0. The van der Waals surface area contributed by atoms with Crippen molar-refractivity contribution in [3.8, 4) is 22.6 Å². The quantitative estimate of drug-likeness (QED) is 0.768. The molecule has 2 rings (SSSR count). The summed E-state index contributed by atoms with van der Waals surface area (Å²) in [7, 11) is 0. The molecule has 0 fully saturated rings. The average Bonchev–Trinajstić information content (AvgIpc) is 2.25. The largest absolute Gasteiger partial charge is 0.507 e. The van der Waals surface area contributed by atoms with Crippen LogP contribution < -0.4 is 0 Å². The molecule has 81 valence electrons. The molecule has 2 aromatic rings. The normalized spacial score (nSPS) is 10.4. The number of phenolic OH excluding ortho intramolecular Hbond substituents is 1. The molecule has 0 aliphatic rings. The molecular formula is C14H13O2. The molecule has 2 aromatic carbocycles. The van der Waals surface area contributed by atoms with Crippen LogP contribution in [0, 0.1) is 13.8 Å². The van der Waals surface area contributed by atoms with Crippen LogP contribution in [0.1, 0.15) is 11.1 Å². The van der Waals surface area contributed by atoms with Gasteiger partial charge in [-0.05, 0) is 38.1 Å². The predicted molar refractivity (Wildman–Crippen MR) is 63.1 cm³/mol. The molecule has 0 bridgehead atoms. The van der Waals surface area contributed by atoms with E-state index in [1.807, 2.05) is 26.0 Å². The van der Waals surface area contributed by atoms with Gasteiger partial charge in [-0.15, -0.1) is 0 Å². The van der Waals surface area contributed by atoms with Crippen molar-refractivity contribution in [2.24, 2.45) is 0 Å². The number of phenols is 1. The summed E-state index contributed by atoms with van der Waals surface area (Å²) in [5.74, 6) is 0.0831. The lowest BCUT2D eigenvalue weighted by atomic mass is 10.00. The molecule has 0 heterocycles. The Balaban J connectivity index is 2.66. The second-order valence-corrected chi connectivity index (χ2v) is 4.02. The maximum atomic E-state index is 11.7. The Morgan fingerprint density at radius 3 is 2.12 bits per heavy atom. The first-order valence-electron chi connectivity index (χ1n) is 5.15. The van der Waals surface area contributed by atoms with E-state index in [2.05, 4.69) is 0 Å². The molecular weight excluding hydrogens is 200 g/mol. The van der Waals surface area contributed by atoms with Gasteiger partial charge in [-0.2, -0.15) is 0 Å². The third-order valence-corrected chi connectivity index (χ3v) is 2.58. The highest BCUT2D eigenvalue weighted by Gasteiger charge is 2.10. The van der Waals surface area contributed by atoms with Crippen LogP contribution in [0.15, 0.2) is 36.4 Å². The highest BCUT2D eigenvalue weighted by Crippen LogP contribution is 2.36. The van der Waals surface area contributed by atoms with Gasteiger partial charge in [0.25, 0.3) is 0 Å². The molecule has 1 N–H and O–H groups in total. The van der Waals surface area contributed by atoms with E-state index in [-0.39, 0.29) is 11.5 Å². The molecule has 0 atom stereocenters. The van der Waals surface area contributed by atoms with E-state index in [4.69, 9.17) is 0 Å². The molecule has 0 amide bonds. The minimum atomic E-state index is -0.0634. The minimum Gasteiger partial charge on any atom is -0.507 e. The fourth-order valence-corrected chi connectivity index (χ4v) is 1.72. The lowest BCUT2D eigenvalue weighted by Crippen LogP contribution is -1.83. The van der Waals surface area contributed by atoms with Gasteiger partial charge in [0.15, 0.2) is 5.75 Å². The standard InChI is InChI=1S/C14H13O2/c1-9-3-5-13(15)11(7-9)12-8-10(2)4-6-14(12)16/h3-8,15H,1-2H3. The van der Waals surface area contributed by atoms with Gasteiger partial charge in [-0.3, -0.25) is 5.11 Å². The first-order chi connectivity index (χ1) is 7.58. The van der Waals surface area contributed by atoms with Gasteiger partial charge in [-0.25, -0.2) is 0 Å². The summed E-state index contributed by atoms with van der Waals surface area (Å²) in [6, 6.07) is 10.4. The second kappa shape index (κ2) is 3.89. The van der Waals surface area contributed by atoms with E-state index in [9.17, 15) is 10.2 Å². The van der Waals surface area contributed by atoms with Gasteiger partial charge >= 0.3 is 0 Å². The van der Waals surface area contributed by atoms with Crippen LogP contribution in [-0.2, 0) is 5.11 Å². The highest BCUT2D eigenvalue weighted by atomic mass is 16.3. The van der Waals surface area contributed by atoms with E-state index in [0.29, 0.717) is 11.1 Å². The number of hydrogen-bond acceptors (Lipinski definition) is 1. The van der Waals surface area contributed by atoms with Crippen LogP contribution in [0.3, 0.4) is 0 Å². The molecule has 2 heteroatoms. The number of rotatable bonds is 1. The van der Waals surface area contributed by atoms with Crippen LogP contribution in [0.5, 0.6) is 11.5 Å². The summed E-state index contributed by atoms with van der Waals surface area (Å²) < 4.78 is 0. The lowest BCUT2D eigenvalue weighted by molar-refractivity contribution is 0.356. The van der Waals surface area contributed by atoms with Crippen molar-refractivity contribution >= 4 is 0 Å². The number of aryl methyl sites for hydroxylation is 2. The van der Waals surface area contributed by atoms with E-state index < -0.39 is 0 Å². The summed E-state index contributed by atoms with van der Waals surface area (Å²) in [6.07, 6.45) is 0. The van der Waals surface area contributed by atoms with E-state index in [1.54, 1.807) is 18.2 Å². The smallest absolute Gasteiger partial charge is 0.186 e. The Morgan fingerprint density at radius 2 is 1.44 bits per heavy atom. The topological polar surface area (TPSA) is 40.1 Å². The highest BCUT2D eigenvalue weighted by molar-refractivity contribution is 5.76. The molecule has 0 saturated carbocycles. The summed E-state index contributed by atoms with van der Waals surface area (Å²) in [5, 5.41) is 21.5. The zero-order valence-electron chi connectivity index (χ0n) is 9.32. The average molecular weight is 213 g/mol. The monoisotopic (exact) mass is 213 g/mol. The SMILES string of the molecule is Cc1ccc([O])c(-c2cc(C)ccc2O)c1. The third kappa shape index (κ3) is 1.87. The summed E-state index contributed by atoms with van der Waals surface area (Å²) in [6.45, 7) is 3.86. The minimum absolute atomic E-state index is 0.0634. The summed E-state index contributed by atoms with van der Waals surface area (Å²) in [5.41, 5.74) is 3.19. The molecule has 0 unspecified atom stereocenters. The first kappa shape index (κ1) is 10.6. The van der Waals surface area contributed by atoms with Crippen LogP contribution in [0.25, 0.3) is 11.1 Å². The van der Waals surface area contributed by atoms with E-state index >= 15 is 0 Å². The molecule has 2 nitrogen and oxygen atoms in total. The van der Waals surface area contributed by atoms with Crippen molar-refractivity contribution in [3.63, 3.8) is 0 Å². The van der Waals surface area contributed by atoms with E-state index in [0.717, 1.165) is 11.1 Å². The predicted octanol–water partition coefficient (Wildman–Crippen LogP) is 3.82. The third-order valence-electron chi connectivity index (χ3n) is 2.58. The maximum absolute atomic E-state index is 11.7. The lowest BCUT2D eigenvalue weighted by Gasteiger charge is -2.07. The van der Waals surface area contributed by atoms with Crippen molar-refractivity contribution in [3.05, 3.63) is 47.5 Å². The Morgan fingerprint density at radius 1 is 0.875 bits per heavy atom. The Hall–Kier alpha value is -1.96. The van der Waals surface area contributed by atoms with Crippen LogP contribution in [-0.4, -0.2) is 5.11 Å². The van der Waals surface area contributed by atoms with Crippen molar-refractivity contribution in [1.29, 1.82) is 0 Å². The van der Waals surface area contributed by atoms with Gasteiger partial charge < -0.3 is 5.11 Å². The fourth-order valence-electron chi connectivity index (χ4n) is 1.72. The van der Waals surface area contributed by atoms with Gasteiger partial charge in [0, 0.05) is 11.1 Å². The summed E-state index contributed by atoms with van der Waals surface area (Å²) >= 11 is 0. The van der Waals surface area contributed by atoms with E-state index in [1.165, 1.54) is 6.07 Å². The fraction of sp³-hybridized carbons (Fsp3) is 0.143. The zero-order chi connectivity index (χ0) is 11.7. The zero-order valence-corrected chi connectivity index (χ0v) is 9.32. The molecule has 0 aliphatic carbocycles. The van der Waals surface area contributed by atoms with Crippen LogP contribution >= 0.6 is 0 Å². The molecule has 0 aliphatic heterocycles. The van der Waals surface area contributed by atoms with Gasteiger partial charge in [0.05, 0.1) is 0 Å². The number of benzene rings is 2. The van der Waals surface area contributed by atoms with Crippen LogP contribution in [0.4, 0.5) is 0 Å². The van der Waals surface area contributed by atoms with Crippen LogP contribution in [0.2, 0.25) is 0 Å².